The number of halogens is 2. The van der Waals surface area contributed by atoms with Crippen molar-refractivity contribution < 1.29 is 9.18 Å². The number of nitrogens with one attached hydrogen (secondary N) is 2. The number of anilines is 2. The van der Waals surface area contributed by atoms with Crippen LogP contribution < -0.4 is 10.6 Å². The molecule has 132 valence electrons. The topological polar surface area (TPSA) is 59.0 Å². The molecule has 2 aromatic carbocycles. The summed E-state index contributed by atoms with van der Waals surface area (Å²) >= 11 is 5.96. The molecule has 3 aromatic rings. The molecular weight excluding hydrogens is 355 g/mol. The van der Waals surface area contributed by atoms with Crippen molar-refractivity contribution in [2.75, 3.05) is 5.32 Å². The summed E-state index contributed by atoms with van der Waals surface area (Å²) in [5.41, 5.74) is 2.25. The van der Waals surface area contributed by atoms with Crippen LogP contribution >= 0.6 is 11.6 Å². The van der Waals surface area contributed by atoms with Crippen LogP contribution in [0.15, 0.2) is 48.5 Å². The summed E-state index contributed by atoms with van der Waals surface area (Å²) < 4.78 is 15.2. The zero-order valence-corrected chi connectivity index (χ0v) is 14.7. The standard InChI is InChI=1S/C19H16ClFN4O/c1-11-18-24-17(12-2-6-14(21)7-3-12)19(25(18)10-16(26)22-11)23-15-8-4-13(20)5-9-15/h2-9,11,23H,10H2,1H3,(H,22,26)/t11-/m0/s1. The minimum atomic E-state index is -0.310. The maximum atomic E-state index is 13.3. The number of benzene rings is 2. The lowest BCUT2D eigenvalue weighted by Crippen LogP contribution is -2.37. The second-order valence-corrected chi connectivity index (χ2v) is 6.62. The molecule has 0 spiro atoms. The number of hydrogen-bond donors (Lipinski definition) is 2. The number of amides is 1. The van der Waals surface area contributed by atoms with Crippen molar-refractivity contribution in [1.29, 1.82) is 0 Å². The molecule has 26 heavy (non-hydrogen) atoms. The molecule has 1 aromatic heterocycles. The molecule has 0 unspecified atom stereocenters. The molecule has 0 radical (unpaired) electrons. The van der Waals surface area contributed by atoms with E-state index in [-0.39, 0.29) is 24.3 Å². The monoisotopic (exact) mass is 370 g/mol. The fraction of sp³-hybridized carbons (Fsp3) is 0.158. The van der Waals surface area contributed by atoms with Crippen LogP contribution in [0.2, 0.25) is 5.02 Å². The van der Waals surface area contributed by atoms with Crippen LogP contribution in [0.4, 0.5) is 15.9 Å². The highest BCUT2D eigenvalue weighted by Crippen LogP contribution is 2.34. The highest BCUT2D eigenvalue weighted by atomic mass is 35.5. The van der Waals surface area contributed by atoms with Gasteiger partial charge in [0, 0.05) is 16.3 Å². The zero-order chi connectivity index (χ0) is 18.3. The Morgan fingerprint density at radius 3 is 2.58 bits per heavy atom. The van der Waals surface area contributed by atoms with Gasteiger partial charge in [0.15, 0.2) is 0 Å². The van der Waals surface area contributed by atoms with E-state index in [1.165, 1.54) is 12.1 Å². The molecule has 0 saturated heterocycles. The quantitative estimate of drug-likeness (QED) is 0.723. The van der Waals surface area contributed by atoms with Gasteiger partial charge >= 0.3 is 0 Å². The predicted octanol–water partition coefficient (Wildman–Crippen LogP) is 4.28. The SMILES string of the molecule is C[C@@H]1NC(=O)Cn2c1nc(-c1ccc(F)cc1)c2Nc1ccc(Cl)cc1. The number of rotatable bonds is 3. The number of nitrogens with zero attached hydrogens (tertiary/aromatic N) is 2. The summed E-state index contributed by atoms with van der Waals surface area (Å²) in [6.45, 7) is 2.06. The van der Waals surface area contributed by atoms with Crippen molar-refractivity contribution in [2.24, 2.45) is 0 Å². The van der Waals surface area contributed by atoms with E-state index in [9.17, 15) is 9.18 Å². The van der Waals surface area contributed by atoms with Gasteiger partial charge in [-0.25, -0.2) is 9.37 Å². The summed E-state index contributed by atoms with van der Waals surface area (Å²) in [4.78, 5) is 16.7. The summed E-state index contributed by atoms with van der Waals surface area (Å²) in [6.07, 6.45) is 0. The number of hydrogen-bond acceptors (Lipinski definition) is 3. The Labute approximate surface area is 154 Å². The molecule has 0 fully saturated rings. The van der Waals surface area contributed by atoms with Gasteiger partial charge in [-0.15, -0.1) is 0 Å². The van der Waals surface area contributed by atoms with E-state index in [1.807, 2.05) is 23.6 Å². The number of carbonyl (C=O) groups excluding carboxylic acids is 1. The van der Waals surface area contributed by atoms with Gasteiger partial charge < -0.3 is 15.2 Å². The fourth-order valence-electron chi connectivity index (χ4n) is 3.06. The fourth-order valence-corrected chi connectivity index (χ4v) is 3.19. The second kappa shape index (κ2) is 6.46. The van der Waals surface area contributed by atoms with E-state index in [1.54, 1.807) is 24.3 Å². The van der Waals surface area contributed by atoms with E-state index >= 15 is 0 Å². The Bertz CT molecular complexity index is 966. The molecule has 2 heterocycles. The van der Waals surface area contributed by atoms with Crippen LogP contribution in [0, 0.1) is 5.82 Å². The molecule has 1 amide bonds. The molecule has 1 atom stereocenters. The molecule has 2 N–H and O–H groups in total. The molecule has 5 nitrogen and oxygen atoms in total. The molecule has 0 bridgehead atoms. The smallest absolute Gasteiger partial charge is 0.240 e. The zero-order valence-electron chi connectivity index (χ0n) is 14.0. The number of carbonyl (C=O) groups is 1. The van der Waals surface area contributed by atoms with E-state index in [0.717, 1.165) is 17.1 Å². The van der Waals surface area contributed by atoms with E-state index in [0.29, 0.717) is 16.5 Å². The molecule has 0 saturated carbocycles. The summed E-state index contributed by atoms with van der Waals surface area (Å²) in [6, 6.07) is 13.2. The first kappa shape index (κ1) is 16.6. The molecule has 7 heteroatoms. The molecule has 4 rings (SSSR count). The van der Waals surface area contributed by atoms with Crippen molar-refractivity contribution in [2.45, 2.75) is 19.5 Å². The van der Waals surface area contributed by atoms with Crippen LogP contribution in [0.5, 0.6) is 0 Å². The molecule has 1 aliphatic rings. The minimum Gasteiger partial charge on any atom is -0.345 e. The Hall–Kier alpha value is -2.86. The Kier molecular flexibility index (Phi) is 4.12. The van der Waals surface area contributed by atoms with E-state index in [2.05, 4.69) is 10.6 Å². The predicted molar refractivity (Wildman–Crippen MR) is 98.9 cm³/mol. The van der Waals surface area contributed by atoms with Crippen LogP contribution in [-0.2, 0) is 11.3 Å². The first-order valence-corrected chi connectivity index (χ1v) is 8.57. The largest absolute Gasteiger partial charge is 0.345 e. The molecule has 0 aliphatic carbocycles. The van der Waals surface area contributed by atoms with Crippen molar-refractivity contribution >= 4 is 29.0 Å². The van der Waals surface area contributed by atoms with Crippen LogP contribution in [-0.4, -0.2) is 15.5 Å². The van der Waals surface area contributed by atoms with E-state index < -0.39 is 0 Å². The number of aromatic nitrogens is 2. The first-order chi connectivity index (χ1) is 12.5. The number of imidazole rings is 1. The average molecular weight is 371 g/mol. The number of fused-ring (bicyclic) bond motifs is 1. The van der Waals surface area contributed by atoms with Crippen LogP contribution in [0.25, 0.3) is 11.3 Å². The maximum absolute atomic E-state index is 13.3. The van der Waals surface area contributed by atoms with Gasteiger partial charge in [0.2, 0.25) is 5.91 Å². The summed E-state index contributed by atoms with van der Waals surface area (Å²) in [7, 11) is 0. The Morgan fingerprint density at radius 1 is 1.19 bits per heavy atom. The van der Waals surface area contributed by atoms with Gasteiger partial charge in [-0.3, -0.25) is 4.79 Å². The maximum Gasteiger partial charge on any atom is 0.240 e. The normalized spacial score (nSPS) is 16.1. The first-order valence-electron chi connectivity index (χ1n) is 8.19. The minimum absolute atomic E-state index is 0.0767. The molecule has 1 aliphatic heterocycles. The van der Waals surface area contributed by atoms with Gasteiger partial charge in [0.05, 0.1) is 6.04 Å². The van der Waals surface area contributed by atoms with Gasteiger partial charge in [-0.2, -0.15) is 0 Å². The highest BCUT2D eigenvalue weighted by Gasteiger charge is 2.28. The third-order valence-corrected chi connectivity index (χ3v) is 4.54. The summed E-state index contributed by atoms with van der Waals surface area (Å²) in [5, 5.41) is 6.85. The second-order valence-electron chi connectivity index (χ2n) is 6.18. The summed E-state index contributed by atoms with van der Waals surface area (Å²) in [5.74, 6) is 1.05. The lowest BCUT2D eigenvalue weighted by atomic mass is 10.1. The van der Waals surface area contributed by atoms with Gasteiger partial charge in [-0.1, -0.05) is 11.6 Å². The van der Waals surface area contributed by atoms with Crippen molar-refractivity contribution in [3.8, 4) is 11.3 Å². The van der Waals surface area contributed by atoms with Crippen molar-refractivity contribution in [3.63, 3.8) is 0 Å². The molecular formula is C19H16ClFN4O. The van der Waals surface area contributed by atoms with Crippen LogP contribution in [0.1, 0.15) is 18.8 Å². The lowest BCUT2D eigenvalue weighted by Gasteiger charge is -2.23. The van der Waals surface area contributed by atoms with Gasteiger partial charge in [0.1, 0.15) is 29.7 Å². The van der Waals surface area contributed by atoms with Gasteiger partial charge in [0.25, 0.3) is 0 Å². The van der Waals surface area contributed by atoms with Crippen LogP contribution in [0.3, 0.4) is 0 Å². The van der Waals surface area contributed by atoms with Gasteiger partial charge in [-0.05, 0) is 55.5 Å². The Morgan fingerprint density at radius 2 is 1.88 bits per heavy atom. The Balaban J connectivity index is 1.84. The average Bonchev–Trinajstić information content (AvgIpc) is 2.96. The third-order valence-electron chi connectivity index (χ3n) is 4.29. The third kappa shape index (κ3) is 3.04. The lowest BCUT2D eigenvalue weighted by molar-refractivity contribution is -0.123. The van der Waals surface area contributed by atoms with E-state index in [4.69, 9.17) is 16.6 Å². The van der Waals surface area contributed by atoms with Crippen molar-refractivity contribution in [3.05, 3.63) is 65.2 Å². The highest BCUT2D eigenvalue weighted by molar-refractivity contribution is 6.30. The van der Waals surface area contributed by atoms with Crippen molar-refractivity contribution in [1.82, 2.24) is 14.9 Å².